The van der Waals surface area contributed by atoms with Gasteiger partial charge in [-0.05, 0) is 141 Å². The van der Waals surface area contributed by atoms with Crippen molar-refractivity contribution in [3.05, 3.63) is 94.1 Å². The zero-order valence-corrected chi connectivity index (χ0v) is 40.3. The molecule has 1 saturated heterocycles. The van der Waals surface area contributed by atoms with Crippen LogP contribution in [0.1, 0.15) is 149 Å². The van der Waals surface area contributed by atoms with Crippen molar-refractivity contribution in [2.75, 3.05) is 22.9 Å². The molecule has 1 aliphatic heterocycles. The Hall–Kier alpha value is -1.44. The minimum atomic E-state index is -1.77. The fourth-order valence-electron chi connectivity index (χ4n) is 10.4. The number of anilines is 2. The van der Waals surface area contributed by atoms with Crippen molar-refractivity contribution >= 4 is 43.3 Å². The van der Waals surface area contributed by atoms with Gasteiger partial charge in [-0.25, -0.2) is 0 Å². The Morgan fingerprint density at radius 3 is 1.36 bits per heavy atom. The fraction of sp³-hybridized carbons (Fsp3) is 0.592. The van der Waals surface area contributed by atoms with Crippen molar-refractivity contribution < 1.29 is 18.3 Å². The molecule has 0 radical (unpaired) electrons. The first-order chi connectivity index (χ1) is 26.9. The van der Waals surface area contributed by atoms with Crippen molar-refractivity contribution in [1.82, 2.24) is 0 Å². The molecule has 4 fully saturated rings. The van der Waals surface area contributed by atoms with Crippen molar-refractivity contribution in [2.45, 2.75) is 175 Å². The van der Waals surface area contributed by atoms with Crippen LogP contribution in [0.4, 0.5) is 11.4 Å². The van der Waals surface area contributed by atoms with E-state index in [0.29, 0.717) is 0 Å². The van der Waals surface area contributed by atoms with Gasteiger partial charge in [0.1, 0.15) is 0 Å². The number of ether oxygens (including phenoxy) is 1. The normalized spacial score (nSPS) is 18.7. The van der Waals surface area contributed by atoms with Crippen LogP contribution in [0, 0.1) is 48.2 Å². The Labute approximate surface area is 356 Å². The van der Waals surface area contributed by atoms with Crippen molar-refractivity contribution in [2.24, 2.45) is 0 Å². The third kappa shape index (κ3) is 13.3. The molecule has 3 aromatic rings. The maximum atomic E-state index is 5.82. The summed E-state index contributed by atoms with van der Waals surface area (Å²) < 4.78 is 7.51. The Kier molecular flexibility index (Phi) is 18.6. The summed E-state index contributed by atoms with van der Waals surface area (Å²) >= 11 is -1.77. The standard InChI is InChI=1S/C21H27N2.C18H33P.C10H12O.2ClH.Ru/c1-14-9-16(3)20(17(4)10-14)22-7-8-23(13-22)21-18(5)11-15(2)12-19(21)6;1-4-10-16(11-5-1)19(17-12-6-2-7-13-17)18-14-8-3-9-15-18;1-8(2)11-10-7-5-4-6-9(10)3;;;/h9-13H,7-8H2,1-6H3;16-18H,1-15H2;3-8H,1-2H3;2*1H;/q-1;;;;;+2/p-1. The molecule has 0 aromatic heterocycles. The summed E-state index contributed by atoms with van der Waals surface area (Å²) in [6.07, 6.45) is 24.0. The molecule has 0 amide bonds. The zero-order valence-electron chi connectivity index (χ0n) is 36.0. The molecule has 3 saturated carbocycles. The summed E-state index contributed by atoms with van der Waals surface area (Å²) in [4.78, 5) is 4.81. The summed E-state index contributed by atoms with van der Waals surface area (Å²) in [7, 11) is 11.6. The predicted molar refractivity (Wildman–Crippen MR) is 248 cm³/mol. The van der Waals surface area contributed by atoms with E-state index in [-0.39, 0.29) is 14.0 Å². The molecule has 3 aliphatic carbocycles. The number of hydrogen-bond acceptors (Lipinski definition) is 3. The Morgan fingerprint density at radius 2 is 1.00 bits per heavy atom. The fourth-order valence-corrected chi connectivity index (χ4v) is 17.4. The van der Waals surface area contributed by atoms with Gasteiger partial charge in [0.2, 0.25) is 0 Å². The number of aryl methyl sites for hydroxylation is 6. The minimum absolute atomic E-state index is 0.0465. The Morgan fingerprint density at radius 1 is 0.625 bits per heavy atom. The molecule has 0 unspecified atom stereocenters. The first-order valence-electron chi connectivity index (χ1n) is 21.9. The number of para-hydroxylation sites is 1. The summed E-state index contributed by atoms with van der Waals surface area (Å²) in [6, 6.07) is 16.9. The van der Waals surface area contributed by atoms with Crippen molar-refractivity contribution in [3.63, 3.8) is 0 Å². The molecule has 7 rings (SSSR count). The van der Waals surface area contributed by atoms with E-state index in [0.717, 1.165) is 24.4 Å². The molecule has 3 nitrogen and oxygen atoms in total. The average Bonchev–Trinajstić information content (AvgIpc) is 3.62. The van der Waals surface area contributed by atoms with E-state index in [1.165, 1.54) is 61.7 Å². The quantitative estimate of drug-likeness (QED) is 0.127. The van der Waals surface area contributed by atoms with Gasteiger partial charge in [0.15, 0.2) is 0 Å². The van der Waals surface area contributed by atoms with Crippen LogP contribution in [0.5, 0.6) is 5.75 Å². The third-order valence-electron chi connectivity index (χ3n) is 12.4. The second kappa shape index (κ2) is 22.8. The first-order valence-corrected chi connectivity index (χ1v) is 29.1. The van der Waals surface area contributed by atoms with Gasteiger partial charge in [-0.1, -0.05) is 54.7 Å². The monoisotopic (exact) mass is 908 g/mol. The van der Waals surface area contributed by atoms with Crippen LogP contribution >= 0.6 is 27.3 Å². The Bertz CT molecular complexity index is 1550. The van der Waals surface area contributed by atoms with Crippen molar-refractivity contribution in [1.29, 1.82) is 0 Å². The summed E-state index contributed by atoms with van der Waals surface area (Å²) in [5, 5.41) is 0. The van der Waals surface area contributed by atoms with E-state index in [4.69, 9.17) is 24.1 Å². The van der Waals surface area contributed by atoms with Crippen LogP contribution < -0.4 is 14.5 Å². The van der Waals surface area contributed by atoms with E-state index in [9.17, 15) is 0 Å². The van der Waals surface area contributed by atoms with Gasteiger partial charge in [0.05, 0.1) is 17.0 Å². The summed E-state index contributed by atoms with van der Waals surface area (Å²) in [6.45, 7) is 21.6. The zero-order chi connectivity index (χ0) is 40.2. The minimum Gasteiger partial charge on any atom is -0.502 e. The molecule has 1 heterocycles. The molecule has 312 valence electrons. The molecule has 0 atom stereocenters. The number of rotatable bonds is 8. The topological polar surface area (TPSA) is 15.7 Å². The number of benzene rings is 3. The number of hydrogen-bond donors (Lipinski definition) is 0. The van der Waals surface area contributed by atoms with Crippen LogP contribution in [-0.2, 0) is 13.5 Å². The van der Waals surface area contributed by atoms with E-state index >= 15 is 0 Å². The van der Waals surface area contributed by atoms with E-state index in [1.54, 1.807) is 96.3 Å². The van der Waals surface area contributed by atoms with Gasteiger partial charge >= 0.3 is 97.8 Å². The number of nitrogens with zero attached hydrogens (tertiary/aromatic N) is 2. The van der Waals surface area contributed by atoms with Gasteiger partial charge in [-0.3, -0.25) is 0 Å². The molecule has 0 spiro atoms. The van der Waals surface area contributed by atoms with Crippen LogP contribution in [0.15, 0.2) is 48.5 Å². The predicted octanol–water partition coefficient (Wildman–Crippen LogP) is 14.7. The van der Waals surface area contributed by atoms with Crippen LogP contribution in [0.3, 0.4) is 0 Å². The van der Waals surface area contributed by atoms with Gasteiger partial charge in [-0.2, -0.15) is 6.67 Å². The average molecular weight is 909 g/mol. The second-order valence-corrected chi connectivity index (χ2v) is 26.7. The molecular formula is C49H73Cl2N2OPRu. The van der Waals surface area contributed by atoms with E-state index in [1.807, 2.05) is 42.7 Å². The SMILES string of the molecule is C1CCC([PH+](C2CCCCC2)C2CCCCC2)CC1.CC(C)Oc1ccccc1[CH]=[Ru]([Cl])[Cl].Cc1cc(C)c(N2[CH-]N(c3c(C)cc(C)cc3C)CC2)c(C)c1. The molecule has 56 heavy (non-hydrogen) atoms. The molecule has 3 aromatic carbocycles. The van der Waals surface area contributed by atoms with E-state index in [2.05, 4.69) is 82.3 Å². The summed E-state index contributed by atoms with van der Waals surface area (Å²) in [5.74, 6) is 0.850. The van der Waals surface area contributed by atoms with E-state index < -0.39 is 13.5 Å². The molecule has 0 N–H and O–H groups in total. The van der Waals surface area contributed by atoms with Gasteiger partial charge in [-0.15, -0.1) is 0 Å². The van der Waals surface area contributed by atoms with Gasteiger partial charge < -0.3 is 9.80 Å². The molecular weight excluding hydrogens is 836 g/mol. The molecule has 0 bridgehead atoms. The van der Waals surface area contributed by atoms with Gasteiger partial charge in [0, 0.05) is 32.4 Å². The van der Waals surface area contributed by atoms with Crippen molar-refractivity contribution in [3.8, 4) is 5.75 Å². The first kappa shape index (κ1) is 45.6. The number of halogens is 2. The summed E-state index contributed by atoms with van der Waals surface area (Å²) in [5.41, 5.74) is 15.5. The second-order valence-electron chi connectivity index (χ2n) is 17.5. The smallest absolute Gasteiger partial charge is 0.0146 e. The molecule has 4 aliphatic rings. The van der Waals surface area contributed by atoms with Crippen LogP contribution in [0.2, 0.25) is 0 Å². The van der Waals surface area contributed by atoms with Gasteiger partial charge in [0.25, 0.3) is 0 Å². The van der Waals surface area contributed by atoms with Crippen LogP contribution in [-0.4, -0.2) is 40.8 Å². The maximum absolute atomic E-state index is 5.82. The largest absolute Gasteiger partial charge is 0.502 e. The van der Waals surface area contributed by atoms with Crippen LogP contribution in [0.25, 0.3) is 0 Å². The maximum Gasteiger partial charge on any atom is 0.0146 e. The molecule has 7 heteroatoms. The third-order valence-corrected chi connectivity index (χ3v) is 18.8. The Balaban J connectivity index is 0.000000166.